The van der Waals surface area contributed by atoms with Crippen molar-refractivity contribution in [2.24, 2.45) is 16.5 Å². The van der Waals surface area contributed by atoms with E-state index in [-0.39, 0.29) is 12.0 Å². The topological polar surface area (TPSA) is 86.4 Å². The minimum Gasteiger partial charge on any atom is -0.370 e. The van der Waals surface area contributed by atoms with Crippen molar-refractivity contribution in [3.63, 3.8) is 0 Å². The zero-order valence-corrected chi connectivity index (χ0v) is 14.4. The molecule has 0 unspecified atom stereocenters. The number of fused-ring (bicyclic) bond motifs is 3. The zero-order valence-electron chi connectivity index (χ0n) is 14.4. The van der Waals surface area contributed by atoms with Gasteiger partial charge in [-0.3, -0.25) is 4.79 Å². The van der Waals surface area contributed by atoms with Crippen molar-refractivity contribution in [3.8, 4) is 0 Å². The second kappa shape index (κ2) is 6.44. The molecule has 1 amide bonds. The standard InChI is InChI=1S/C20H21FN4O/c21-13-6-8-14(9-7-13)25-17-4-2-1-3-15(17)16-10-5-12(11-18(16)25)19(26)24-20(22)23/h1-5,10-11,13-14H,6-9H2,(H4,22,23,24,26)/t13-,14-. The first kappa shape index (κ1) is 16.6. The van der Waals surface area contributed by atoms with E-state index in [1.807, 2.05) is 24.3 Å². The molecule has 0 radical (unpaired) electrons. The molecular formula is C20H21FN4O. The van der Waals surface area contributed by atoms with Gasteiger partial charge in [0.05, 0.1) is 5.52 Å². The molecule has 1 aliphatic rings. The van der Waals surface area contributed by atoms with Gasteiger partial charge in [-0.05, 0) is 43.9 Å². The monoisotopic (exact) mass is 352 g/mol. The van der Waals surface area contributed by atoms with E-state index in [0.29, 0.717) is 18.4 Å². The highest BCUT2D eigenvalue weighted by atomic mass is 19.1. The summed E-state index contributed by atoms with van der Waals surface area (Å²) in [5, 5.41) is 2.20. The Balaban J connectivity index is 1.91. The molecule has 3 aromatic rings. The number of alkyl halides is 1. The number of carbonyl (C=O) groups excluding carboxylic acids is 1. The fraction of sp³-hybridized carbons (Fsp3) is 0.300. The van der Waals surface area contributed by atoms with Gasteiger partial charge in [0.2, 0.25) is 0 Å². The molecule has 1 heterocycles. The molecule has 1 fully saturated rings. The van der Waals surface area contributed by atoms with Gasteiger partial charge in [0.1, 0.15) is 6.17 Å². The van der Waals surface area contributed by atoms with E-state index in [1.54, 1.807) is 6.07 Å². The number of aromatic nitrogens is 1. The van der Waals surface area contributed by atoms with Gasteiger partial charge in [-0.2, -0.15) is 4.99 Å². The van der Waals surface area contributed by atoms with Gasteiger partial charge in [0.25, 0.3) is 5.91 Å². The minimum absolute atomic E-state index is 0.220. The number of hydrogen-bond donors (Lipinski definition) is 2. The Morgan fingerprint density at radius 1 is 1.00 bits per heavy atom. The van der Waals surface area contributed by atoms with Crippen LogP contribution < -0.4 is 11.5 Å². The van der Waals surface area contributed by atoms with Crippen LogP contribution in [0.3, 0.4) is 0 Å². The first-order valence-corrected chi connectivity index (χ1v) is 8.85. The van der Waals surface area contributed by atoms with Crippen molar-refractivity contribution < 1.29 is 9.18 Å². The zero-order chi connectivity index (χ0) is 18.3. The summed E-state index contributed by atoms with van der Waals surface area (Å²) in [5.74, 6) is -0.715. The summed E-state index contributed by atoms with van der Waals surface area (Å²) in [7, 11) is 0. The number of para-hydroxylation sites is 1. The van der Waals surface area contributed by atoms with Crippen LogP contribution in [0.4, 0.5) is 4.39 Å². The largest absolute Gasteiger partial charge is 0.370 e. The molecule has 0 saturated heterocycles. The molecule has 0 spiro atoms. The number of carbonyl (C=O) groups is 1. The van der Waals surface area contributed by atoms with E-state index in [1.165, 1.54) is 0 Å². The van der Waals surface area contributed by atoms with Crippen LogP contribution in [0, 0.1) is 0 Å². The molecule has 0 atom stereocenters. The summed E-state index contributed by atoms with van der Waals surface area (Å²) in [4.78, 5) is 15.9. The highest BCUT2D eigenvalue weighted by molar-refractivity contribution is 6.11. The van der Waals surface area contributed by atoms with Crippen molar-refractivity contribution in [2.75, 3.05) is 0 Å². The molecule has 1 aliphatic carbocycles. The lowest BCUT2D eigenvalue weighted by Crippen LogP contribution is -2.24. The lowest BCUT2D eigenvalue weighted by Gasteiger charge is -2.27. The van der Waals surface area contributed by atoms with Crippen LogP contribution >= 0.6 is 0 Å². The number of rotatable bonds is 2. The Morgan fingerprint density at radius 2 is 1.69 bits per heavy atom. The van der Waals surface area contributed by atoms with E-state index in [9.17, 15) is 9.18 Å². The summed E-state index contributed by atoms with van der Waals surface area (Å²) < 4.78 is 15.9. The lowest BCUT2D eigenvalue weighted by molar-refractivity contribution is 0.100. The number of benzene rings is 2. The van der Waals surface area contributed by atoms with E-state index in [0.717, 1.165) is 34.6 Å². The molecule has 2 aromatic carbocycles. The Labute approximate surface area is 150 Å². The van der Waals surface area contributed by atoms with E-state index in [4.69, 9.17) is 11.5 Å². The van der Waals surface area contributed by atoms with Crippen molar-refractivity contribution in [2.45, 2.75) is 37.9 Å². The molecular weight excluding hydrogens is 331 g/mol. The van der Waals surface area contributed by atoms with Gasteiger partial charge >= 0.3 is 0 Å². The number of amides is 1. The van der Waals surface area contributed by atoms with E-state index in [2.05, 4.69) is 21.7 Å². The maximum atomic E-state index is 13.6. The molecule has 1 saturated carbocycles. The Kier molecular flexibility index (Phi) is 4.11. The van der Waals surface area contributed by atoms with Gasteiger partial charge < -0.3 is 16.0 Å². The summed E-state index contributed by atoms with van der Waals surface area (Å²) in [6, 6.07) is 13.9. The third-order valence-electron chi connectivity index (χ3n) is 5.18. The van der Waals surface area contributed by atoms with Crippen molar-refractivity contribution in [3.05, 3.63) is 48.0 Å². The molecule has 134 valence electrons. The normalized spacial score (nSPS) is 20.3. The first-order chi connectivity index (χ1) is 12.5. The van der Waals surface area contributed by atoms with Crippen LogP contribution in [-0.4, -0.2) is 22.6 Å². The summed E-state index contributed by atoms with van der Waals surface area (Å²) in [6.07, 6.45) is 2.02. The van der Waals surface area contributed by atoms with Gasteiger partial charge in [0, 0.05) is 27.9 Å². The molecule has 4 N–H and O–H groups in total. The van der Waals surface area contributed by atoms with Crippen molar-refractivity contribution >= 4 is 33.7 Å². The fourth-order valence-electron chi connectivity index (χ4n) is 4.00. The van der Waals surface area contributed by atoms with Crippen LogP contribution in [0.2, 0.25) is 0 Å². The van der Waals surface area contributed by atoms with Gasteiger partial charge in [-0.1, -0.05) is 24.3 Å². The maximum Gasteiger partial charge on any atom is 0.280 e. The third-order valence-corrected chi connectivity index (χ3v) is 5.18. The van der Waals surface area contributed by atoms with Crippen LogP contribution in [0.5, 0.6) is 0 Å². The van der Waals surface area contributed by atoms with Crippen LogP contribution in [0.15, 0.2) is 47.5 Å². The average molecular weight is 352 g/mol. The number of hydrogen-bond acceptors (Lipinski definition) is 1. The Morgan fingerprint density at radius 3 is 2.42 bits per heavy atom. The molecule has 0 bridgehead atoms. The molecule has 4 rings (SSSR count). The molecule has 0 aliphatic heterocycles. The Bertz CT molecular complexity index is 1010. The minimum atomic E-state index is -0.710. The second-order valence-corrected chi connectivity index (χ2v) is 6.87. The first-order valence-electron chi connectivity index (χ1n) is 8.85. The number of aliphatic imine (C=N–C) groups is 1. The van der Waals surface area contributed by atoms with E-state index < -0.39 is 12.1 Å². The highest BCUT2D eigenvalue weighted by Gasteiger charge is 2.25. The summed E-state index contributed by atoms with van der Waals surface area (Å²) in [6.45, 7) is 0. The number of nitrogens with two attached hydrogens (primary N) is 2. The smallest absolute Gasteiger partial charge is 0.280 e. The van der Waals surface area contributed by atoms with Gasteiger partial charge in [0.15, 0.2) is 5.96 Å². The van der Waals surface area contributed by atoms with Crippen LogP contribution in [-0.2, 0) is 0 Å². The number of guanidine groups is 1. The SMILES string of the molecule is NC(N)=NC(=O)c1ccc2c3ccccc3n([C@H]3CC[C@H](F)CC3)c2c1. The van der Waals surface area contributed by atoms with Crippen molar-refractivity contribution in [1.29, 1.82) is 0 Å². The van der Waals surface area contributed by atoms with Gasteiger partial charge in [-0.25, -0.2) is 4.39 Å². The number of nitrogens with zero attached hydrogens (tertiary/aromatic N) is 2. The third kappa shape index (κ3) is 2.81. The second-order valence-electron chi connectivity index (χ2n) is 6.87. The molecule has 26 heavy (non-hydrogen) atoms. The van der Waals surface area contributed by atoms with Crippen LogP contribution in [0.1, 0.15) is 42.1 Å². The highest BCUT2D eigenvalue weighted by Crippen LogP contribution is 2.38. The maximum absolute atomic E-state index is 13.6. The average Bonchev–Trinajstić information content (AvgIpc) is 2.95. The number of halogens is 1. The van der Waals surface area contributed by atoms with E-state index >= 15 is 0 Å². The fourth-order valence-corrected chi connectivity index (χ4v) is 4.00. The van der Waals surface area contributed by atoms with Crippen LogP contribution in [0.25, 0.3) is 21.8 Å². The quantitative estimate of drug-likeness (QED) is 0.545. The molecule has 5 nitrogen and oxygen atoms in total. The predicted octanol–water partition coefficient (Wildman–Crippen LogP) is 3.66. The summed E-state index contributed by atoms with van der Waals surface area (Å²) in [5.41, 5.74) is 13.2. The molecule has 1 aromatic heterocycles. The molecule has 6 heteroatoms. The van der Waals surface area contributed by atoms with Gasteiger partial charge in [-0.15, -0.1) is 0 Å². The van der Waals surface area contributed by atoms with Crippen molar-refractivity contribution in [1.82, 2.24) is 4.57 Å². The predicted molar refractivity (Wildman–Crippen MR) is 102 cm³/mol. The summed E-state index contributed by atoms with van der Waals surface area (Å²) >= 11 is 0. The lowest BCUT2D eigenvalue weighted by atomic mass is 9.93. The Hall–Kier alpha value is -2.89.